The standard InChI is InChI=1S/C12H17NO/c1-7-6-8(2)11-10(13)4-5-14-12(11)9(7)3/h6,10H,4-5,13H2,1-3H3/t10-/m0/s1. The molecular weight excluding hydrogens is 174 g/mol. The summed E-state index contributed by atoms with van der Waals surface area (Å²) in [6.07, 6.45) is 0.927. The first-order chi connectivity index (χ1) is 6.61. The Kier molecular flexibility index (Phi) is 2.23. The average molecular weight is 191 g/mol. The number of hydrogen-bond donors (Lipinski definition) is 1. The van der Waals surface area contributed by atoms with Gasteiger partial charge in [-0.05, 0) is 37.5 Å². The summed E-state index contributed by atoms with van der Waals surface area (Å²) in [4.78, 5) is 0. The van der Waals surface area contributed by atoms with Crippen LogP contribution in [0.2, 0.25) is 0 Å². The fraction of sp³-hybridized carbons (Fsp3) is 0.500. The number of aryl methyl sites for hydroxylation is 2. The molecule has 2 nitrogen and oxygen atoms in total. The monoisotopic (exact) mass is 191 g/mol. The molecule has 0 aliphatic carbocycles. The molecule has 0 fully saturated rings. The van der Waals surface area contributed by atoms with Crippen molar-refractivity contribution in [2.24, 2.45) is 5.73 Å². The average Bonchev–Trinajstić information content (AvgIpc) is 2.14. The minimum atomic E-state index is 0.151. The molecule has 0 bridgehead atoms. The van der Waals surface area contributed by atoms with Gasteiger partial charge in [0.1, 0.15) is 5.75 Å². The van der Waals surface area contributed by atoms with Gasteiger partial charge < -0.3 is 10.5 Å². The molecule has 1 aromatic carbocycles. The fourth-order valence-electron chi connectivity index (χ4n) is 2.15. The summed E-state index contributed by atoms with van der Waals surface area (Å²) in [5.41, 5.74) is 11.1. The lowest BCUT2D eigenvalue weighted by molar-refractivity contribution is 0.266. The van der Waals surface area contributed by atoms with E-state index in [-0.39, 0.29) is 6.04 Å². The van der Waals surface area contributed by atoms with Crippen LogP contribution < -0.4 is 10.5 Å². The number of benzene rings is 1. The molecule has 1 aliphatic heterocycles. The predicted octanol–water partition coefficient (Wildman–Crippen LogP) is 2.39. The highest BCUT2D eigenvalue weighted by atomic mass is 16.5. The zero-order valence-electron chi connectivity index (χ0n) is 9.05. The maximum Gasteiger partial charge on any atom is 0.127 e. The Hall–Kier alpha value is -1.02. The summed E-state index contributed by atoms with van der Waals surface area (Å²) < 4.78 is 5.71. The van der Waals surface area contributed by atoms with E-state index in [0.29, 0.717) is 0 Å². The summed E-state index contributed by atoms with van der Waals surface area (Å²) in [6, 6.07) is 2.35. The molecule has 1 aliphatic rings. The highest BCUT2D eigenvalue weighted by Gasteiger charge is 2.22. The van der Waals surface area contributed by atoms with Crippen LogP contribution in [0.1, 0.15) is 34.7 Å². The molecule has 0 saturated heterocycles. The second-order valence-electron chi connectivity index (χ2n) is 4.12. The second-order valence-corrected chi connectivity index (χ2v) is 4.12. The van der Waals surface area contributed by atoms with Gasteiger partial charge in [-0.25, -0.2) is 0 Å². The molecule has 0 unspecified atom stereocenters. The van der Waals surface area contributed by atoms with Gasteiger partial charge in [0, 0.05) is 18.0 Å². The van der Waals surface area contributed by atoms with Crippen LogP contribution in [0.25, 0.3) is 0 Å². The number of fused-ring (bicyclic) bond motifs is 1. The van der Waals surface area contributed by atoms with Crippen molar-refractivity contribution in [3.05, 3.63) is 28.3 Å². The Morgan fingerprint density at radius 3 is 2.71 bits per heavy atom. The molecular formula is C12H17NO. The van der Waals surface area contributed by atoms with E-state index < -0.39 is 0 Å². The number of nitrogens with two attached hydrogens (primary N) is 1. The molecule has 2 rings (SSSR count). The first kappa shape index (κ1) is 9.53. The topological polar surface area (TPSA) is 35.2 Å². The van der Waals surface area contributed by atoms with Gasteiger partial charge in [-0.2, -0.15) is 0 Å². The molecule has 1 aromatic rings. The van der Waals surface area contributed by atoms with Crippen LogP contribution in [0, 0.1) is 20.8 Å². The van der Waals surface area contributed by atoms with Crippen LogP contribution >= 0.6 is 0 Å². The lowest BCUT2D eigenvalue weighted by Gasteiger charge is -2.27. The maximum atomic E-state index is 6.09. The third-order valence-corrected chi connectivity index (χ3v) is 3.08. The summed E-state index contributed by atoms with van der Waals surface area (Å²) in [6.45, 7) is 7.08. The quantitative estimate of drug-likeness (QED) is 0.683. The van der Waals surface area contributed by atoms with Gasteiger partial charge in [0.2, 0.25) is 0 Å². The Morgan fingerprint density at radius 2 is 2.00 bits per heavy atom. The van der Waals surface area contributed by atoms with E-state index in [1.807, 2.05) is 0 Å². The third kappa shape index (κ3) is 1.30. The number of hydrogen-bond acceptors (Lipinski definition) is 2. The third-order valence-electron chi connectivity index (χ3n) is 3.08. The van der Waals surface area contributed by atoms with Gasteiger partial charge >= 0.3 is 0 Å². The second kappa shape index (κ2) is 3.28. The van der Waals surface area contributed by atoms with Crippen LogP contribution in [0.5, 0.6) is 5.75 Å². The summed E-state index contributed by atoms with van der Waals surface area (Å²) >= 11 is 0. The molecule has 2 N–H and O–H groups in total. The van der Waals surface area contributed by atoms with Crippen molar-refractivity contribution in [3.63, 3.8) is 0 Å². The van der Waals surface area contributed by atoms with E-state index in [9.17, 15) is 0 Å². The van der Waals surface area contributed by atoms with Crippen LogP contribution in [0.15, 0.2) is 6.07 Å². The number of ether oxygens (including phenoxy) is 1. The fourth-order valence-corrected chi connectivity index (χ4v) is 2.15. The lowest BCUT2D eigenvalue weighted by atomic mass is 9.92. The van der Waals surface area contributed by atoms with E-state index in [1.165, 1.54) is 22.3 Å². The Morgan fingerprint density at radius 1 is 1.29 bits per heavy atom. The highest BCUT2D eigenvalue weighted by molar-refractivity contribution is 5.51. The first-order valence-electron chi connectivity index (χ1n) is 5.10. The van der Waals surface area contributed by atoms with Crippen molar-refractivity contribution in [2.75, 3.05) is 6.61 Å². The van der Waals surface area contributed by atoms with Crippen LogP contribution in [0.4, 0.5) is 0 Å². The molecule has 0 spiro atoms. The van der Waals surface area contributed by atoms with Crippen molar-refractivity contribution < 1.29 is 4.74 Å². The normalized spacial score (nSPS) is 20.1. The van der Waals surface area contributed by atoms with Crippen LogP contribution in [0.3, 0.4) is 0 Å². The zero-order valence-corrected chi connectivity index (χ0v) is 9.05. The first-order valence-corrected chi connectivity index (χ1v) is 5.10. The van der Waals surface area contributed by atoms with Crippen molar-refractivity contribution in [1.82, 2.24) is 0 Å². The highest BCUT2D eigenvalue weighted by Crippen LogP contribution is 2.37. The zero-order chi connectivity index (χ0) is 10.3. The minimum absolute atomic E-state index is 0.151. The molecule has 1 heterocycles. The summed E-state index contributed by atoms with van der Waals surface area (Å²) in [5.74, 6) is 1.03. The van der Waals surface area contributed by atoms with Gasteiger partial charge in [0.05, 0.1) is 6.61 Å². The SMILES string of the molecule is Cc1cc(C)c2c(c1C)OCC[C@@H]2N. The lowest BCUT2D eigenvalue weighted by Crippen LogP contribution is -2.22. The minimum Gasteiger partial charge on any atom is -0.493 e. The van der Waals surface area contributed by atoms with Crippen molar-refractivity contribution in [1.29, 1.82) is 0 Å². The summed E-state index contributed by atoms with van der Waals surface area (Å²) in [7, 11) is 0. The molecule has 14 heavy (non-hydrogen) atoms. The smallest absolute Gasteiger partial charge is 0.127 e. The van der Waals surface area contributed by atoms with Gasteiger partial charge in [-0.15, -0.1) is 0 Å². The van der Waals surface area contributed by atoms with Gasteiger partial charge in [0.25, 0.3) is 0 Å². The molecule has 0 radical (unpaired) electrons. The van der Waals surface area contributed by atoms with E-state index in [2.05, 4.69) is 26.8 Å². The van der Waals surface area contributed by atoms with Crippen LogP contribution in [-0.2, 0) is 0 Å². The van der Waals surface area contributed by atoms with E-state index >= 15 is 0 Å². The molecule has 1 atom stereocenters. The van der Waals surface area contributed by atoms with Crippen molar-refractivity contribution in [3.8, 4) is 5.75 Å². The van der Waals surface area contributed by atoms with Gasteiger partial charge in [-0.1, -0.05) is 6.07 Å². The van der Waals surface area contributed by atoms with E-state index in [4.69, 9.17) is 10.5 Å². The Bertz CT molecular complexity index is 371. The molecule has 2 heteroatoms. The molecule has 0 saturated carbocycles. The van der Waals surface area contributed by atoms with E-state index in [0.717, 1.165) is 18.8 Å². The van der Waals surface area contributed by atoms with E-state index in [1.54, 1.807) is 0 Å². The largest absolute Gasteiger partial charge is 0.493 e. The molecule has 76 valence electrons. The Labute approximate surface area is 85.1 Å². The van der Waals surface area contributed by atoms with Gasteiger partial charge in [-0.3, -0.25) is 0 Å². The summed E-state index contributed by atoms with van der Waals surface area (Å²) in [5, 5.41) is 0. The molecule has 0 aromatic heterocycles. The van der Waals surface area contributed by atoms with Crippen LogP contribution in [-0.4, -0.2) is 6.61 Å². The van der Waals surface area contributed by atoms with Crippen molar-refractivity contribution >= 4 is 0 Å². The van der Waals surface area contributed by atoms with Gasteiger partial charge in [0.15, 0.2) is 0 Å². The number of rotatable bonds is 0. The maximum absolute atomic E-state index is 6.09. The van der Waals surface area contributed by atoms with Crippen molar-refractivity contribution in [2.45, 2.75) is 33.2 Å². The predicted molar refractivity (Wildman–Crippen MR) is 57.7 cm³/mol. The molecule has 0 amide bonds. The Balaban J connectivity index is 2.66.